The van der Waals surface area contributed by atoms with Crippen molar-refractivity contribution >= 4 is 51.2 Å². The minimum Gasteiger partial charge on any atom is -0.505 e. The fraction of sp³-hybridized carbons (Fsp3) is 0. The molecule has 2 aromatic heterocycles. The van der Waals surface area contributed by atoms with Gasteiger partial charge in [-0.1, -0.05) is 42.5 Å². The predicted octanol–water partition coefficient (Wildman–Crippen LogP) is 6.99. The van der Waals surface area contributed by atoms with Gasteiger partial charge in [0.25, 0.3) is 23.5 Å². The Labute approximate surface area is 250 Å². The first-order valence-corrected chi connectivity index (χ1v) is 13.2. The standard InChI is InChI=1S/C32H21N9O3/c1-33-26-19-36-41(32-34-15-8-16-35-32)29(26)40-39-27-24-14-13-20(30(43)37-22-9-4-2-5-10-22)17-21(24)18-25(28(27)42)31(44)38-23-11-6-3-7-12-23/h2-19,42H,(H,37,43)(H,38,44). The second-order valence-electron chi connectivity index (χ2n) is 9.32. The summed E-state index contributed by atoms with van der Waals surface area (Å²) in [7, 11) is 0. The Morgan fingerprint density at radius 3 is 2.14 bits per heavy atom. The molecule has 6 rings (SSSR count). The maximum atomic E-state index is 13.4. The molecule has 12 nitrogen and oxygen atoms in total. The molecule has 0 fully saturated rings. The minimum atomic E-state index is -0.601. The van der Waals surface area contributed by atoms with E-state index in [9.17, 15) is 14.7 Å². The molecule has 44 heavy (non-hydrogen) atoms. The van der Waals surface area contributed by atoms with Gasteiger partial charge >= 0.3 is 0 Å². The van der Waals surface area contributed by atoms with E-state index in [1.807, 2.05) is 24.3 Å². The molecule has 0 unspecified atom stereocenters. The first-order chi connectivity index (χ1) is 21.5. The molecule has 0 atom stereocenters. The molecule has 0 saturated carbocycles. The summed E-state index contributed by atoms with van der Waals surface area (Å²) in [5.41, 5.74) is 1.39. The number of nitrogens with one attached hydrogen (secondary N) is 2. The van der Waals surface area contributed by atoms with E-state index < -0.39 is 11.7 Å². The summed E-state index contributed by atoms with van der Waals surface area (Å²) in [6.45, 7) is 7.55. The first kappa shape index (κ1) is 27.4. The van der Waals surface area contributed by atoms with Crippen LogP contribution in [0.5, 0.6) is 5.75 Å². The molecule has 0 aliphatic heterocycles. The lowest BCUT2D eigenvalue weighted by molar-refractivity contribution is 0.101. The number of nitrogens with zero attached hydrogens (tertiary/aromatic N) is 7. The third-order valence-corrected chi connectivity index (χ3v) is 6.49. The van der Waals surface area contributed by atoms with Crippen LogP contribution in [0.2, 0.25) is 0 Å². The van der Waals surface area contributed by atoms with Gasteiger partial charge in [-0.3, -0.25) is 9.59 Å². The molecule has 0 spiro atoms. The third kappa shape index (κ3) is 5.56. The lowest BCUT2D eigenvalue weighted by atomic mass is 10.0. The number of hydrogen-bond donors (Lipinski definition) is 3. The maximum absolute atomic E-state index is 13.4. The number of azo groups is 1. The molecule has 3 N–H and O–H groups in total. The van der Waals surface area contributed by atoms with Crippen molar-refractivity contribution in [1.82, 2.24) is 19.7 Å². The van der Waals surface area contributed by atoms with E-state index in [1.54, 1.807) is 60.7 Å². The fourth-order valence-corrected chi connectivity index (χ4v) is 4.39. The highest BCUT2D eigenvalue weighted by molar-refractivity contribution is 6.13. The van der Waals surface area contributed by atoms with Gasteiger partial charge in [-0.05, 0) is 53.9 Å². The normalized spacial score (nSPS) is 10.9. The van der Waals surface area contributed by atoms with Crippen LogP contribution in [-0.4, -0.2) is 36.7 Å². The summed E-state index contributed by atoms with van der Waals surface area (Å²) in [6, 6.07) is 25.7. The number of carbonyl (C=O) groups is 2. The van der Waals surface area contributed by atoms with Crippen LogP contribution in [0, 0.1) is 6.57 Å². The van der Waals surface area contributed by atoms with Crippen molar-refractivity contribution in [2.24, 2.45) is 10.2 Å². The van der Waals surface area contributed by atoms with E-state index in [-0.39, 0.29) is 34.6 Å². The van der Waals surface area contributed by atoms with E-state index in [0.717, 1.165) is 0 Å². The SMILES string of the molecule is [C-]#[N+]c1cnn(-c2ncccn2)c1N=Nc1c(O)c(C(=O)Nc2ccccc2)cc2cc(C(=O)Nc3ccccc3)ccc12. The number of carbonyl (C=O) groups excluding carboxylic acids is 2. The van der Waals surface area contributed by atoms with Crippen LogP contribution in [0.25, 0.3) is 21.6 Å². The number of phenolic OH excluding ortho intramolecular Hbond substituents is 1. The average molecular weight is 580 g/mol. The van der Waals surface area contributed by atoms with E-state index in [1.165, 1.54) is 29.3 Å². The van der Waals surface area contributed by atoms with Gasteiger partial charge in [-0.2, -0.15) is 9.78 Å². The molecule has 6 aromatic rings. The number of aromatic nitrogens is 4. The molecule has 0 aliphatic rings. The lowest BCUT2D eigenvalue weighted by Gasteiger charge is -2.12. The topological polar surface area (TPSA) is 151 Å². The van der Waals surface area contributed by atoms with Crippen LogP contribution in [0.4, 0.5) is 28.6 Å². The van der Waals surface area contributed by atoms with Crippen molar-refractivity contribution in [3.8, 4) is 11.7 Å². The molecule has 4 aromatic carbocycles. The zero-order chi connectivity index (χ0) is 30.5. The van der Waals surface area contributed by atoms with Crippen LogP contribution < -0.4 is 10.6 Å². The molecule has 212 valence electrons. The Kier molecular flexibility index (Phi) is 7.49. The average Bonchev–Trinajstić information content (AvgIpc) is 3.48. The summed E-state index contributed by atoms with van der Waals surface area (Å²) in [6.07, 6.45) is 4.33. The Morgan fingerprint density at radius 2 is 1.48 bits per heavy atom. The summed E-state index contributed by atoms with van der Waals surface area (Å²) >= 11 is 0. The van der Waals surface area contributed by atoms with Gasteiger partial charge in [-0.25, -0.2) is 14.8 Å². The number of phenols is 1. The zero-order valence-electron chi connectivity index (χ0n) is 22.8. The highest BCUT2D eigenvalue weighted by atomic mass is 16.3. The first-order valence-electron chi connectivity index (χ1n) is 13.2. The highest BCUT2D eigenvalue weighted by Crippen LogP contribution is 2.41. The van der Waals surface area contributed by atoms with E-state index in [2.05, 4.69) is 40.8 Å². The maximum Gasteiger partial charge on any atom is 0.259 e. The van der Waals surface area contributed by atoms with Crippen LogP contribution in [0.1, 0.15) is 20.7 Å². The highest BCUT2D eigenvalue weighted by Gasteiger charge is 2.21. The minimum absolute atomic E-state index is 0.0248. The number of para-hydroxylation sites is 2. The lowest BCUT2D eigenvalue weighted by Crippen LogP contribution is -2.13. The summed E-state index contributed by atoms with van der Waals surface area (Å²) < 4.78 is 1.24. The predicted molar refractivity (Wildman–Crippen MR) is 164 cm³/mol. The third-order valence-electron chi connectivity index (χ3n) is 6.49. The quantitative estimate of drug-likeness (QED) is 0.137. The van der Waals surface area contributed by atoms with Crippen molar-refractivity contribution < 1.29 is 14.7 Å². The van der Waals surface area contributed by atoms with Crippen molar-refractivity contribution in [1.29, 1.82) is 0 Å². The molecule has 2 amide bonds. The van der Waals surface area contributed by atoms with Crippen LogP contribution in [0.15, 0.2) is 120 Å². The second-order valence-corrected chi connectivity index (χ2v) is 9.32. The van der Waals surface area contributed by atoms with Crippen molar-refractivity contribution in [2.45, 2.75) is 0 Å². The molecule has 0 radical (unpaired) electrons. The molecule has 0 bridgehead atoms. The van der Waals surface area contributed by atoms with E-state index >= 15 is 0 Å². The fourth-order valence-electron chi connectivity index (χ4n) is 4.39. The van der Waals surface area contributed by atoms with Crippen LogP contribution in [0.3, 0.4) is 0 Å². The van der Waals surface area contributed by atoms with Gasteiger partial charge in [0.15, 0.2) is 11.6 Å². The van der Waals surface area contributed by atoms with Gasteiger partial charge in [0.2, 0.25) is 0 Å². The summed E-state index contributed by atoms with van der Waals surface area (Å²) in [4.78, 5) is 38.2. The Hall–Kier alpha value is -6.74. The van der Waals surface area contributed by atoms with Gasteiger partial charge in [0.05, 0.1) is 18.3 Å². The number of hydrogen-bond acceptors (Lipinski definition) is 8. The number of aromatic hydroxyl groups is 1. The molecular weight excluding hydrogens is 558 g/mol. The number of rotatable bonds is 7. The Morgan fingerprint density at radius 1 is 0.818 bits per heavy atom. The van der Waals surface area contributed by atoms with Crippen molar-refractivity contribution in [2.75, 3.05) is 10.6 Å². The van der Waals surface area contributed by atoms with Gasteiger partial charge < -0.3 is 15.7 Å². The molecule has 0 aliphatic carbocycles. The van der Waals surface area contributed by atoms with Crippen LogP contribution >= 0.6 is 0 Å². The summed E-state index contributed by atoms with van der Waals surface area (Å²) in [5, 5.41) is 30.5. The smallest absolute Gasteiger partial charge is 0.259 e. The summed E-state index contributed by atoms with van der Waals surface area (Å²) in [5.74, 6) is -1.22. The molecule has 2 heterocycles. The van der Waals surface area contributed by atoms with Gasteiger partial charge in [0, 0.05) is 34.7 Å². The molecule has 0 saturated heterocycles. The van der Waals surface area contributed by atoms with E-state index in [4.69, 9.17) is 6.57 Å². The van der Waals surface area contributed by atoms with Gasteiger partial charge in [0.1, 0.15) is 5.69 Å². The van der Waals surface area contributed by atoms with Gasteiger partial charge in [-0.15, -0.1) is 10.2 Å². The van der Waals surface area contributed by atoms with Crippen molar-refractivity contribution in [3.05, 3.63) is 132 Å². The Bertz CT molecular complexity index is 2070. The van der Waals surface area contributed by atoms with Crippen LogP contribution in [-0.2, 0) is 0 Å². The number of benzene rings is 4. The number of amides is 2. The Balaban J connectivity index is 1.46. The molecule has 12 heteroatoms. The van der Waals surface area contributed by atoms with Crippen molar-refractivity contribution in [3.63, 3.8) is 0 Å². The second kappa shape index (κ2) is 12.0. The monoisotopic (exact) mass is 579 g/mol. The van der Waals surface area contributed by atoms with E-state index in [0.29, 0.717) is 27.7 Å². The zero-order valence-corrected chi connectivity index (χ0v) is 22.8. The molecular formula is C32H21N9O3. The number of fused-ring (bicyclic) bond motifs is 1. The number of anilines is 2. The largest absolute Gasteiger partial charge is 0.505 e.